The molecule has 2 aromatic rings. The van der Waals surface area contributed by atoms with Gasteiger partial charge in [0.25, 0.3) is 0 Å². The fourth-order valence-electron chi connectivity index (χ4n) is 3.49. The number of benzene rings is 1. The average Bonchev–Trinajstić information content (AvgIpc) is 3.02. The lowest BCUT2D eigenvalue weighted by atomic mass is 10.1. The predicted molar refractivity (Wildman–Crippen MR) is 131 cm³/mol. The third-order valence-electron chi connectivity index (χ3n) is 4.98. The quantitative estimate of drug-likeness (QED) is 0.186. The number of esters is 3. The van der Waals surface area contributed by atoms with E-state index in [0.29, 0.717) is 16.9 Å². The zero-order chi connectivity index (χ0) is 25.6. The highest BCUT2D eigenvalue weighted by Gasteiger charge is 2.31. The third kappa shape index (κ3) is 6.07. The first-order valence-corrected chi connectivity index (χ1v) is 11.2. The lowest BCUT2D eigenvalue weighted by Crippen LogP contribution is -2.26. The molecule has 0 atom stereocenters. The smallest absolute Gasteiger partial charge is 0.347 e. The van der Waals surface area contributed by atoms with Gasteiger partial charge in [-0.3, -0.25) is 0 Å². The van der Waals surface area contributed by atoms with Crippen molar-refractivity contribution in [2.75, 3.05) is 25.2 Å². The molecule has 34 heavy (non-hydrogen) atoms. The second-order valence-electron chi connectivity index (χ2n) is 8.68. The summed E-state index contributed by atoms with van der Waals surface area (Å²) in [6.45, 7) is 10.7. The topological polar surface area (TPSA) is 87.1 Å². The Balaban J connectivity index is 2.78. The van der Waals surface area contributed by atoms with E-state index in [1.165, 1.54) is 6.20 Å². The van der Waals surface area contributed by atoms with Crippen molar-refractivity contribution in [3.8, 4) is 11.3 Å². The predicted octanol–water partition coefficient (Wildman–Crippen LogP) is 4.40. The first kappa shape index (κ1) is 26.7. The van der Waals surface area contributed by atoms with Crippen molar-refractivity contribution in [3.63, 3.8) is 0 Å². The van der Waals surface area contributed by atoms with Crippen molar-refractivity contribution in [3.05, 3.63) is 53.4 Å². The number of hydrogen-bond donors (Lipinski definition) is 0. The summed E-state index contributed by atoms with van der Waals surface area (Å²) in [6, 6.07) is 9.54. The van der Waals surface area contributed by atoms with Crippen LogP contribution >= 0.6 is 0 Å². The summed E-state index contributed by atoms with van der Waals surface area (Å²) in [5.41, 5.74) is 2.10. The Kier molecular flexibility index (Phi) is 8.68. The van der Waals surface area contributed by atoms with Crippen LogP contribution in [-0.2, 0) is 30.8 Å². The van der Waals surface area contributed by atoms with Gasteiger partial charge in [-0.15, -0.1) is 0 Å². The molecule has 0 fully saturated rings. The highest BCUT2D eigenvalue weighted by atomic mass is 16.6. The number of ether oxygens (including phenoxy) is 3. The fourth-order valence-corrected chi connectivity index (χ4v) is 3.49. The van der Waals surface area contributed by atoms with E-state index in [-0.39, 0.29) is 18.8 Å². The largest absolute Gasteiger partial charge is 0.462 e. The number of rotatable bonds is 8. The summed E-state index contributed by atoms with van der Waals surface area (Å²) in [5, 5.41) is 0. The van der Waals surface area contributed by atoms with E-state index in [1.807, 2.05) is 48.9 Å². The molecule has 0 radical (unpaired) electrons. The van der Waals surface area contributed by atoms with Gasteiger partial charge in [-0.1, -0.05) is 30.3 Å². The van der Waals surface area contributed by atoms with E-state index < -0.39 is 23.5 Å². The second-order valence-corrected chi connectivity index (χ2v) is 8.68. The standard InChI is InChI=1S/C26H34N2O6/c1-9-32-23(29)19(24(30)33-10-2)16-27(7)22-20(25(31)34-26(4,5)6)17(3)28(8)21(22)18-14-12-11-13-15-18/h11-16H,9-10H2,1-8H3. The Morgan fingerprint density at radius 3 is 2.00 bits per heavy atom. The Bertz CT molecular complexity index is 1060. The molecular formula is C26H34N2O6. The van der Waals surface area contributed by atoms with Gasteiger partial charge in [-0.05, 0) is 41.5 Å². The molecule has 8 heteroatoms. The number of carbonyl (C=O) groups is 3. The van der Waals surface area contributed by atoms with Crippen LogP contribution in [0.5, 0.6) is 0 Å². The number of hydrogen-bond acceptors (Lipinski definition) is 7. The molecule has 0 aliphatic rings. The van der Waals surface area contributed by atoms with Crippen LogP contribution < -0.4 is 4.90 Å². The molecule has 8 nitrogen and oxygen atoms in total. The average molecular weight is 471 g/mol. The van der Waals surface area contributed by atoms with Gasteiger partial charge in [-0.2, -0.15) is 0 Å². The second kappa shape index (κ2) is 11.0. The molecule has 0 bridgehead atoms. The van der Waals surface area contributed by atoms with Crippen LogP contribution in [0.3, 0.4) is 0 Å². The maximum absolute atomic E-state index is 13.3. The summed E-state index contributed by atoms with van der Waals surface area (Å²) in [5.74, 6) is -2.12. The zero-order valence-electron chi connectivity index (χ0n) is 21.2. The van der Waals surface area contributed by atoms with Gasteiger partial charge in [0.2, 0.25) is 0 Å². The molecule has 0 N–H and O–H groups in total. The maximum atomic E-state index is 13.3. The molecule has 1 heterocycles. The van der Waals surface area contributed by atoms with Gasteiger partial charge in [0.15, 0.2) is 5.57 Å². The first-order chi connectivity index (χ1) is 15.9. The van der Waals surface area contributed by atoms with Crippen molar-refractivity contribution >= 4 is 23.6 Å². The van der Waals surface area contributed by atoms with E-state index >= 15 is 0 Å². The molecule has 2 rings (SSSR count). The van der Waals surface area contributed by atoms with Crippen molar-refractivity contribution in [2.24, 2.45) is 7.05 Å². The summed E-state index contributed by atoms with van der Waals surface area (Å²) in [4.78, 5) is 40.0. The molecule has 1 aromatic heterocycles. The van der Waals surface area contributed by atoms with Crippen molar-refractivity contribution < 1.29 is 28.6 Å². The van der Waals surface area contributed by atoms with Crippen molar-refractivity contribution in [1.82, 2.24) is 4.57 Å². The minimum Gasteiger partial charge on any atom is -0.462 e. The maximum Gasteiger partial charge on any atom is 0.347 e. The molecule has 0 amide bonds. The van der Waals surface area contributed by atoms with Crippen molar-refractivity contribution in [2.45, 2.75) is 47.1 Å². The van der Waals surface area contributed by atoms with Crippen LogP contribution in [-0.4, -0.2) is 48.3 Å². The molecule has 0 spiro atoms. The van der Waals surface area contributed by atoms with Gasteiger partial charge >= 0.3 is 17.9 Å². The van der Waals surface area contributed by atoms with Crippen LogP contribution in [0.1, 0.15) is 50.7 Å². The first-order valence-electron chi connectivity index (χ1n) is 11.2. The normalized spacial score (nSPS) is 10.9. The summed E-state index contributed by atoms with van der Waals surface area (Å²) >= 11 is 0. The van der Waals surface area contributed by atoms with E-state index in [2.05, 4.69) is 0 Å². The molecule has 0 saturated heterocycles. The third-order valence-corrected chi connectivity index (χ3v) is 4.98. The van der Waals surface area contributed by atoms with E-state index in [1.54, 1.807) is 46.6 Å². The van der Waals surface area contributed by atoms with Crippen LogP contribution in [0.25, 0.3) is 11.3 Å². The summed E-state index contributed by atoms with van der Waals surface area (Å²) < 4.78 is 17.7. The highest BCUT2D eigenvalue weighted by Crippen LogP contribution is 2.39. The minimum absolute atomic E-state index is 0.0994. The van der Waals surface area contributed by atoms with Crippen LogP contribution in [0, 0.1) is 6.92 Å². The fraction of sp³-hybridized carbons (Fsp3) is 0.423. The zero-order valence-corrected chi connectivity index (χ0v) is 21.2. The van der Waals surface area contributed by atoms with E-state index in [0.717, 1.165) is 11.3 Å². The monoisotopic (exact) mass is 470 g/mol. The highest BCUT2D eigenvalue weighted by molar-refractivity contribution is 6.14. The van der Waals surface area contributed by atoms with Crippen LogP contribution in [0.15, 0.2) is 42.1 Å². The van der Waals surface area contributed by atoms with Gasteiger partial charge in [0.05, 0.1) is 24.6 Å². The van der Waals surface area contributed by atoms with Gasteiger partial charge < -0.3 is 23.7 Å². The number of nitrogens with zero attached hydrogens (tertiary/aromatic N) is 2. The Labute approximate surface area is 201 Å². The molecule has 0 saturated carbocycles. The number of carbonyl (C=O) groups excluding carboxylic acids is 3. The lowest BCUT2D eigenvalue weighted by Gasteiger charge is -2.22. The Morgan fingerprint density at radius 2 is 1.53 bits per heavy atom. The summed E-state index contributed by atoms with van der Waals surface area (Å²) in [6.07, 6.45) is 1.34. The molecule has 0 unspecified atom stereocenters. The lowest BCUT2D eigenvalue weighted by molar-refractivity contribution is -0.146. The molecule has 0 aliphatic heterocycles. The molecule has 1 aromatic carbocycles. The Hall–Kier alpha value is -3.55. The minimum atomic E-state index is -0.805. The van der Waals surface area contributed by atoms with Crippen LogP contribution in [0.2, 0.25) is 0 Å². The van der Waals surface area contributed by atoms with Crippen LogP contribution in [0.4, 0.5) is 5.69 Å². The molecular weight excluding hydrogens is 436 g/mol. The van der Waals surface area contributed by atoms with Gasteiger partial charge in [0, 0.05) is 31.6 Å². The molecule has 184 valence electrons. The van der Waals surface area contributed by atoms with Gasteiger partial charge in [-0.25, -0.2) is 14.4 Å². The number of anilines is 1. The summed E-state index contributed by atoms with van der Waals surface area (Å²) in [7, 11) is 3.51. The SMILES string of the molecule is CCOC(=O)C(=CN(C)c1c(C(=O)OC(C)(C)C)c(C)n(C)c1-c1ccccc1)C(=O)OCC. The molecule has 0 aliphatic carbocycles. The number of aromatic nitrogens is 1. The van der Waals surface area contributed by atoms with Gasteiger partial charge in [0.1, 0.15) is 11.2 Å². The Morgan fingerprint density at radius 1 is 1.00 bits per heavy atom. The van der Waals surface area contributed by atoms with E-state index in [9.17, 15) is 14.4 Å². The van der Waals surface area contributed by atoms with Crippen molar-refractivity contribution in [1.29, 1.82) is 0 Å². The van der Waals surface area contributed by atoms with E-state index in [4.69, 9.17) is 14.2 Å².